The topological polar surface area (TPSA) is 50.4 Å². The molecule has 0 saturated heterocycles. The van der Waals surface area contributed by atoms with E-state index >= 15 is 0 Å². The highest BCUT2D eigenvalue weighted by Crippen LogP contribution is 1.96. The summed E-state index contributed by atoms with van der Waals surface area (Å²) in [6, 6.07) is 0. The van der Waals surface area contributed by atoms with E-state index in [0.717, 1.165) is 0 Å². The molecule has 0 aromatic rings. The standard InChI is InChI=1S/C8H15N3/c1-5-8(3,4)11-7(9)10-6-2/h1H,6H2,2-4H3,(H3,9,10,11). The quantitative estimate of drug-likeness (QED) is 0.341. The van der Waals surface area contributed by atoms with Crippen LogP contribution in [0.1, 0.15) is 20.8 Å². The van der Waals surface area contributed by atoms with Crippen LogP contribution in [0.2, 0.25) is 0 Å². The highest BCUT2D eigenvalue weighted by atomic mass is 15.1. The van der Waals surface area contributed by atoms with Crippen LogP contribution in [0.3, 0.4) is 0 Å². The van der Waals surface area contributed by atoms with E-state index in [1.54, 1.807) is 0 Å². The predicted octanol–water partition coefficient (Wildman–Crippen LogP) is 0.322. The Bertz CT molecular complexity index is 186. The normalized spacial score (nSPS) is 12.4. The van der Waals surface area contributed by atoms with E-state index in [9.17, 15) is 0 Å². The Morgan fingerprint density at radius 1 is 1.73 bits per heavy atom. The van der Waals surface area contributed by atoms with Gasteiger partial charge in [-0.25, -0.2) is 0 Å². The Kier molecular flexibility index (Phi) is 3.46. The van der Waals surface area contributed by atoms with Crippen molar-refractivity contribution in [3.63, 3.8) is 0 Å². The average Bonchev–Trinajstić information content (AvgIpc) is 1.87. The van der Waals surface area contributed by atoms with Gasteiger partial charge in [-0.1, -0.05) is 5.92 Å². The zero-order chi connectivity index (χ0) is 8.91. The molecule has 0 bridgehead atoms. The second kappa shape index (κ2) is 3.87. The van der Waals surface area contributed by atoms with Crippen LogP contribution in [0.5, 0.6) is 0 Å². The van der Waals surface area contributed by atoms with Gasteiger partial charge in [0.1, 0.15) is 0 Å². The molecule has 0 aliphatic heterocycles. The first kappa shape index (κ1) is 9.83. The van der Waals surface area contributed by atoms with Crippen molar-refractivity contribution in [1.29, 1.82) is 0 Å². The van der Waals surface area contributed by atoms with Crippen molar-refractivity contribution < 1.29 is 0 Å². The van der Waals surface area contributed by atoms with Gasteiger partial charge in [0.15, 0.2) is 5.96 Å². The number of hydrogen-bond acceptors (Lipinski definition) is 1. The summed E-state index contributed by atoms with van der Waals surface area (Å²) < 4.78 is 0. The minimum absolute atomic E-state index is 0.399. The number of aliphatic imine (C=N–C) groups is 1. The van der Waals surface area contributed by atoms with E-state index in [1.807, 2.05) is 20.8 Å². The summed E-state index contributed by atoms with van der Waals surface area (Å²) in [4.78, 5) is 3.95. The van der Waals surface area contributed by atoms with Crippen molar-refractivity contribution in [2.24, 2.45) is 10.7 Å². The average molecular weight is 153 g/mol. The number of guanidine groups is 1. The first-order valence-electron chi connectivity index (χ1n) is 3.57. The van der Waals surface area contributed by atoms with E-state index in [1.165, 1.54) is 0 Å². The summed E-state index contributed by atoms with van der Waals surface area (Å²) in [6.45, 7) is 6.31. The smallest absolute Gasteiger partial charge is 0.189 e. The highest BCUT2D eigenvalue weighted by Gasteiger charge is 2.12. The van der Waals surface area contributed by atoms with Crippen LogP contribution in [0.4, 0.5) is 0 Å². The van der Waals surface area contributed by atoms with Gasteiger partial charge in [-0.15, -0.1) is 6.42 Å². The number of rotatable bonds is 2. The number of terminal acetylenes is 1. The zero-order valence-electron chi connectivity index (χ0n) is 7.31. The molecular weight excluding hydrogens is 138 g/mol. The molecule has 62 valence electrons. The fourth-order valence-electron chi connectivity index (χ4n) is 0.566. The van der Waals surface area contributed by atoms with Crippen LogP contribution in [0.25, 0.3) is 0 Å². The minimum atomic E-state index is -0.414. The number of nitrogens with two attached hydrogens (primary N) is 1. The number of nitrogens with zero attached hydrogens (tertiary/aromatic N) is 1. The molecule has 0 heterocycles. The SMILES string of the molecule is C#CC(C)(C)NC(N)=NCC. The van der Waals surface area contributed by atoms with Gasteiger partial charge >= 0.3 is 0 Å². The van der Waals surface area contributed by atoms with Gasteiger partial charge in [-0.3, -0.25) is 4.99 Å². The van der Waals surface area contributed by atoms with Crippen molar-refractivity contribution in [3.8, 4) is 12.3 Å². The molecule has 3 nitrogen and oxygen atoms in total. The van der Waals surface area contributed by atoms with E-state index in [2.05, 4.69) is 16.2 Å². The van der Waals surface area contributed by atoms with Gasteiger partial charge in [-0.2, -0.15) is 0 Å². The number of hydrogen-bond donors (Lipinski definition) is 2. The minimum Gasteiger partial charge on any atom is -0.370 e. The third-order valence-electron chi connectivity index (χ3n) is 1.13. The maximum atomic E-state index is 5.49. The van der Waals surface area contributed by atoms with Crippen molar-refractivity contribution >= 4 is 5.96 Å². The monoisotopic (exact) mass is 153 g/mol. The first-order valence-corrected chi connectivity index (χ1v) is 3.57. The maximum absolute atomic E-state index is 5.49. The van der Waals surface area contributed by atoms with Crippen LogP contribution in [0.15, 0.2) is 4.99 Å². The van der Waals surface area contributed by atoms with E-state index in [4.69, 9.17) is 12.2 Å². The molecule has 0 fully saturated rings. The summed E-state index contributed by atoms with van der Waals surface area (Å²) in [7, 11) is 0. The summed E-state index contributed by atoms with van der Waals surface area (Å²) in [6.07, 6.45) is 5.23. The van der Waals surface area contributed by atoms with Crippen molar-refractivity contribution in [2.45, 2.75) is 26.3 Å². The number of nitrogens with one attached hydrogen (secondary N) is 1. The molecule has 0 aromatic carbocycles. The molecule has 0 radical (unpaired) electrons. The van der Waals surface area contributed by atoms with Gasteiger partial charge in [0.2, 0.25) is 0 Å². The lowest BCUT2D eigenvalue weighted by Gasteiger charge is -2.19. The molecule has 11 heavy (non-hydrogen) atoms. The van der Waals surface area contributed by atoms with Crippen LogP contribution >= 0.6 is 0 Å². The predicted molar refractivity (Wildman–Crippen MR) is 48.2 cm³/mol. The summed E-state index contributed by atoms with van der Waals surface area (Å²) >= 11 is 0. The molecule has 0 atom stereocenters. The van der Waals surface area contributed by atoms with Gasteiger partial charge in [0.05, 0.1) is 5.54 Å². The lowest BCUT2D eigenvalue weighted by atomic mass is 10.1. The highest BCUT2D eigenvalue weighted by molar-refractivity contribution is 5.79. The Morgan fingerprint density at radius 2 is 2.27 bits per heavy atom. The van der Waals surface area contributed by atoms with Gasteiger partial charge in [0, 0.05) is 6.54 Å². The lowest BCUT2D eigenvalue weighted by Crippen LogP contribution is -2.46. The Balaban J connectivity index is 4.06. The van der Waals surface area contributed by atoms with Gasteiger partial charge in [-0.05, 0) is 20.8 Å². The fourth-order valence-corrected chi connectivity index (χ4v) is 0.566. The van der Waals surface area contributed by atoms with Crippen LogP contribution in [0, 0.1) is 12.3 Å². The molecule has 0 amide bonds. The molecule has 3 heteroatoms. The van der Waals surface area contributed by atoms with Gasteiger partial charge < -0.3 is 11.1 Å². The molecule has 0 aliphatic rings. The van der Waals surface area contributed by atoms with Gasteiger partial charge in [0.25, 0.3) is 0 Å². The van der Waals surface area contributed by atoms with Crippen molar-refractivity contribution in [1.82, 2.24) is 5.32 Å². The van der Waals surface area contributed by atoms with Crippen molar-refractivity contribution in [3.05, 3.63) is 0 Å². The summed E-state index contributed by atoms with van der Waals surface area (Å²) in [5, 5.41) is 2.90. The molecule has 0 rings (SSSR count). The third kappa shape index (κ3) is 4.26. The molecular formula is C8H15N3. The maximum Gasteiger partial charge on any atom is 0.189 e. The molecule has 0 unspecified atom stereocenters. The lowest BCUT2D eigenvalue weighted by molar-refractivity contribution is 0.595. The first-order chi connectivity index (χ1) is 5.02. The second-order valence-electron chi connectivity index (χ2n) is 2.75. The zero-order valence-corrected chi connectivity index (χ0v) is 7.31. The molecule has 0 saturated carbocycles. The molecule has 3 N–H and O–H groups in total. The second-order valence-corrected chi connectivity index (χ2v) is 2.75. The Hall–Kier alpha value is -1.17. The largest absolute Gasteiger partial charge is 0.370 e. The molecule has 0 aliphatic carbocycles. The van der Waals surface area contributed by atoms with E-state index < -0.39 is 5.54 Å². The Morgan fingerprint density at radius 3 is 2.64 bits per heavy atom. The van der Waals surface area contributed by atoms with Crippen LogP contribution < -0.4 is 11.1 Å². The third-order valence-corrected chi connectivity index (χ3v) is 1.13. The van der Waals surface area contributed by atoms with Crippen LogP contribution in [-0.4, -0.2) is 18.0 Å². The van der Waals surface area contributed by atoms with Crippen molar-refractivity contribution in [2.75, 3.05) is 6.54 Å². The molecule has 0 spiro atoms. The summed E-state index contributed by atoms with van der Waals surface area (Å²) in [5.74, 6) is 2.96. The van der Waals surface area contributed by atoms with Crippen LogP contribution in [-0.2, 0) is 0 Å². The van der Waals surface area contributed by atoms with E-state index in [-0.39, 0.29) is 0 Å². The summed E-state index contributed by atoms with van der Waals surface area (Å²) in [5.41, 5.74) is 5.08. The Labute approximate surface area is 68.1 Å². The molecule has 0 aromatic heterocycles. The van der Waals surface area contributed by atoms with E-state index in [0.29, 0.717) is 12.5 Å². The fraction of sp³-hybridized carbons (Fsp3) is 0.625.